The summed E-state index contributed by atoms with van der Waals surface area (Å²) in [5.41, 5.74) is 5.32. The third kappa shape index (κ3) is 4.06. The normalized spacial score (nSPS) is 21.5. The van der Waals surface area contributed by atoms with Crippen molar-refractivity contribution >= 4 is 5.76 Å². The van der Waals surface area contributed by atoms with Gasteiger partial charge in [0, 0.05) is 11.6 Å². The van der Waals surface area contributed by atoms with Gasteiger partial charge in [0.05, 0.1) is 20.8 Å². The highest BCUT2D eigenvalue weighted by molar-refractivity contribution is 5.75. The number of allylic oxidation sites excluding steroid dienone is 1. The summed E-state index contributed by atoms with van der Waals surface area (Å²) in [4.78, 5) is 2.53. The minimum Gasteiger partial charge on any atom is -0.493 e. The summed E-state index contributed by atoms with van der Waals surface area (Å²) in [6.45, 7) is 3.86. The van der Waals surface area contributed by atoms with Crippen molar-refractivity contribution in [1.29, 1.82) is 0 Å². The molecule has 0 spiro atoms. The number of hydrogen-bond donors (Lipinski definition) is 0. The fraction of sp³-hybridized carbons (Fsp3) is 0.462. The van der Waals surface area contributed by atoms with E-state index in [2.05, 4.69) is 61.3 Å². The van der Waals surface area contributed by atoms with E-state index >= 15 is 0 Å². The Morgan fingerprint density at radius 3 is 2.47 bits per heavy atom. The van der Waals surface area contributed by atoms with E-state index in [1.807, 2.05) is 0 Å². The molecule has 4 rings (SSSR count). The number of nitrogens with zero attached hydrogens (tertiary/aromatic N) is 1. The molecule has 2 aliphatic rings. The monoisotopic (exact) mass is 407 g/mol. The molecule has 1 aliphatic carbocycles. The van der Waals surface area contributed by atoms with Crippen LogP contribution in [0.15, 0.2) is 48.0 Å². The Kier molecular flexibility index (Phi) is 6.33. The van der Waals surface area contributed by atoms with Gasteiger partial charge in [-0.2, -0.15) is 0 Å². The van der Waals surface area contributed by atoms with Gasteiger partial charge in [0.1, 0.15) is 5.76 Å². The minimum atomic E-state index is 0.542. The average Bonchev–Trinajstić information content (AvgIpc) is 3.12. The number of likely N-dealkylation sites (tertiary alicyclic amines) is 1. The highest BCUT2D eigenvalue weighted by Crippen LogP contribution is 2.45. The van der Waals surface area contributed by atoms with Gasteiger partial charge in [-0.05, 0) is 81.0 Å². The fourth-order valence-electron chi connectivity index (χ4n) is 4.99. The van der Waals surface area contributed by atoms with E-state index in [0.717, 1.165) is 36.6 Å². The molecule has 1 saturated heterocycles. The van der Waals surface area contributed by atoms with Crippen molar-refractivity contribution in [3.63, 3.8) is 0 Å². The van der Waals surface area contributed by atoms with E-state index in [1.54, 1.807) is 14.2 Å². The summed E-state index contributed by atoms with van der Waals surface area (Å²) in [6, 6.07) is 15.6. The standard InChI is InChI=1S/C26H33NO3/c1-5-30-26-22(15-20-16-24(28-3)25(29-4)17-23(20)26)19-11-12-27(2)21(14-19)13-18-9-7-6-8-10-18/h6-10,16-17,19,21H,5,11-15H2,1-4H3. The second-order valence-corrected chi connectivity index (χ2v) is 8.37. The fourth-order valence-corrected chi connectivity index (χ4v) is 4.99. The topological polar surface area (TPSA) is 30.9 Å². The number of methoxy groups -OCH3 is 2. The predicted molar refractivity (Wildman–Crippen MR) is 121 cm³/mol. The van der Waals surface area contributed by atoms with Crippen LogP contribution >= 0.6 is 0 Å². The van der Waals surface area contributed by atoms with Gasteiger partial charge in [-0.15, -0.1) is 0 Å². The summed E-state index contributed by atoms with van der Waals surface area (Å²) < 4.78 is 17.3. The third-order valence-corrected chi connectivity index (χ3v) is 6.63. The molecule has 2 unspecified atom stereocenters. The van der Waals surface area contributed by atoms with Crippen LogP contribution in [-0.2, 0) is 17.6 Å². The Labute approximate surface area is 180 Å². The smallest absolute Gasteiger partial charge is 0.161 e. The van der Waals surface area contributed by atoms with Crippen molar-refractivity contribution in [2.45, 2.75) is 38.6 Å². The zero-order valence-electron chi connectivity index (χ0n) is 18.6. The molecular formula is C26H33NO3. The molecule has 1 heterocycles. The summed E-state index contributed by atoms with van der Waals surface area (Å²) in [7, 11) is 5.65. The van der Waals surface area contributed by atoms with E-state index < -0.39 is 0 Å². The maximum absolute atomic E-state index is 6.22. The number of likely N-dealkylation sites (N-methyl/N-ethyl adjacent to an activating group) is 1. The number of ether oxygens (including phenoxy) is 3. The quantitative estimate of drug-likeness (QED) is 0.649. The van der Waals surface area contributed by atoms with Gasteiger partial charge >= 0.3 is 0 Å². The second-order valence-electron chi connectivity index (χ2n) is 8.37. The molecule has 0 radical (unpaired) electrons. The lowest BCUT2D eigenvalue weighted by Crippen LogP contribution is -2.41. The van der Waals surface area contributed by atoms with Gasteiger partial charge in [-0.3, -0.25) is 0 Å². The van der Waals surface area contributed by atoms with Gasteiger partial charge in [-0.1, -0.05) is 30.3 Å². The van der Waals surface area contributed by atoms with Crippen molar-refractivity contribution in [3.05, 3.63) is 64.7 Å². The molecule has 160 valence electrons. The molecule has 4 heteroatoms. The van der Waals surface area contributed by atoms with Crippen LogP contribution in [0.3, 0.4) is 0 Å². The van der Waals surface area contributed by atoms with Crippen LogP contribution in [-0.4, -0.2) is 45.4 Å². The Balaban J connectivity index is 1.61. The zero-order valence-corrected chi connectivity index (χ0v) is 18.6. The van der Waals surface area contributed by atoms with Crippen LogP contribution in [0, 0.1) is 5.92 Å². The van der Waals surface area contributed by atoms with Gasteiger partial charge in [0.25, 0.3) is 0 Å². The van der Waals surface area contributed by atoms with Crippen LogP contribution < -0.4 is 9.47 Å². The van der Waals surface area contributed by atoms with Gasteiger partial charge in [0.15, 0.2) is 11.5 Å². The van der Waals surface area contributed by atoms with Crippen molar-refractivity contribution in [2.75, 3.05) is 34.4 Å². The number of piperidine rings is 1. The molecule has 0 aromatic heterocycles. The molecule has 4 nitrogen and oxygen atoms in total. The minimum absolute atomic E-state index is 0.542. The van der Waals surface area contributed by atoms with Crippen LogP contribution in [0.1, 0.15) is 36.5 Å². The van der Waals surface area contributed by atoms with Gasteiger partial charge < -0.3 is 19.1 Å². The Morgan fingerprint density at radius 2 is 1.77 bits per heavy atom. The molecular weight excluding hydrogens is 374 g/mol. The number of fused-ring (bicyclic) bond motifs is 1. The average molecular weight is 408 g/mol. The maximum Gasteiger partial charge on any atom is 0.161 e. The molecule has 2 aromatic carbocycles. The molecule has 0 saturated carbocycles. The largest absolute Gasteiger partial charge is 0.493 e. The highest BCUT2D eigenvalue weighted by Gasteiger charge is 2.34. The zero-order chi connectivity index (χ0) is 21.1. The molecule has 0 N–H and O–H groups in total. The van der Waals surface area contributed by atoms with Gasteiger partial charge in [-0.25, -0.2) is 0 Å². The molecule has 30 heavy (non-hydrogen) atoms. The first-order valence-corrected chi connectivity index (χ1v) is 11.0. The van der Waals surface area contributed by atoms with Crippen molar-refractivity contribution < 1.29 is 14.2 Å². The van der Waals surface area contributed by atoms with Crippen molar-refractivity contribution in [1.82, 2.24) is 4.90 Å². The lowest BCUT2D eigenvalue weighted by molar-refractivity contribution is 0.152. The molecule has 0 amide bonds. The number of rotatable bonds is 7. The molecule has 0 bridgehead atoms. The Morgan fingerprint density at radius 1 is 1.03 bits per heavy atom. The number of hydrogen-bond acceptors (Lipinski definition) is 4. The van der Waals surface area contributed by atoms with E-state index in [1.165, 1.54) is 35.1 Å². The maximum atomic E-state index is 6.22. The molecule has 1 aliphatic heterocycles. The van der Waals surface area contributed by atoms with Gasteiger partial charge in [0.2, 0.25) is 0 Å². The summed E-state index contributed by atoms with van der Waals surface area (Å²) in [5.74, 6) is 3.17. The van der Waals surface area contributed by atoms with Crippen molar-refractivity contribution in [2.24, 2.45) is 5.92 Å². The van der Waals surface area contributed by atoms with E-state index in [0.29, 0.717) is 18.6 Å². The lowest BCUT2D eigenvalue weighted by atomic mass is 9.82. The summed E-state index contributed by atoms with van der Waals surface area (Å²) >= 11 is 0. The molecule has 2 atom stereocenters. The van der Waals surface area contributed by atoms with E-state index in [4.69, 9.17) is 14.2 Å². The van der Waals surface area contributed by atoms with Crippen LogP contribution in [0.5, 0.6) is 11.5 Å². The van der Waals surface area contributed by atoms with E-state index in [9.17, 15) is 0 Å². The number of benzene rings is 2. The lowest BCUT2D eigenvalue weighted by Gasteiger charge is -2.38. The first kappa shape index (κ1) is 20.8. The Bertz CT molecular complexity index is 906. The van der Waals surface area contributed by atoms with Crippen LogP contribution in [0.4, 0.5) is 0 Å². The summed E-state index contributed by atoms with van der Waals surface area (Å²) in [5, 5.41) is 0. The SMILES string of the molecule is CCOC1=C(C2CCN(C)C(Cc3ccccc3)C2)Cc2cc(OC)c(OC)cc21. The highest BCUT2D eigenvalue weighted by atomic mass is 16.5. The second kappa shape index (κ2) is 9.13. The Hall–Kier alpha value is -2.46. The predicted octanol–water partition coefficient (Wildman–Crippen LogP) is 4.96. The van der Waals surface area contributed by atoms with E-state index in [-0.39, 0.29) is 0 Å². The first-order valence-electron chi connectivity index (χ1n) is 11.0. The van der Waals surface area contributed by atoms with Crippen LogP contribution in [0.25, 0.3) is 5.76 Å². The first-order chi connectivity index (χ1) is 14.6. The third-order valence-electron chi connectivity index (χ3n) is 6.63. The molecule has 1 fully saturated rings. The summed E-state index contributed by atoms with van der Waals surface area (Å²) in [6.07, 6.45) is 4.38. The van der Waals surface area contributed by atoms with Crippen LogP contribution in [0.2, 0.25) is 0 Å². The molecule has 2 aromatic rings. The van der Waals surface area contributed by atoms with Crippen molar-refractivity contribution in [3.8, 4) is 11.5 Å².